The van der Waals surface area contributed by atoms with Crippen molar-refractivity contribution in [3.8, 4) is 11.4 Å². The number of hydrogen-bond donors (Lipinski definition) is 3. The fourth-order valence-corrected chi connectivity index (χ4v) is 3.33. The minimum atomic E-state index is -0.350. The van der Waals surface area contributed by atoms with E-state index in [-0.39, 0.29) is 15.6 Å². The van der Waals surface area contributed by atoms with Gasteiger partial charge in [0.15, 0.2) is 0 Å². The predicted octanol–water partition coefficient (Wildman–Crippen LogP) is 4.46. The van der Waals surface area contributed by atoms with E-state index in [2.05, 4.69) is 10.4 Å². The molecule has 0 fully saturated rings. The lowest BCUT2D eigenvalue weighted by Crippen LogP contribution is -2.14. The van der Waals surface area contributed by atoms with E-state index in [1.54, 1.807) is 18.2 Å². The van der Waals surface area contributed by atoms with E-state index in [9.17, 15) is 4.79 Å². The summed E-state index contributed by atoms with van der Waals surface area (Å²) in [6, 6.07) is 9.50. The third-order valence-corrected chi connectivity index (χ3v) is 4.21. The van der Waals surface area contributed by atoms with Crippen LogP contribution in [-0.2, 0) is 0 Å². The van der Waals surface area contributed by atoms with E-state index in [1.807, 2.05) is 0 Å². The van der Waals surface area contributed by atoms with Gasteiger partial charge in [-0.3, -0.25) is 9.89 Å². The van der Waals surface area contributed by atoms with Gasteiger partial charge in [0, 0.05) is 16.8 Å². The lowest BCUT2D eigenvalue weighted by atomic mass is 10.2. The highest BCUT2D eigenvalue weighted by Gasteiger charge is 2.14. The molecule has 3 aromatic rings. The van der Waals surface area contributed by atoms with Crippen LogP contribution in [0.1, 0.15) is 0 Å². The number of benzene rings is 2. The maximum Gasteiger partial charge on any atom is 0.273 e. The highest BCUT2D eigenvalue weighted by Crippen LogP contribution is 2.32. The summed E-state index contributed by atoms with van der Waals surface area (Å²) in [6.07, 6.45) is 0. The molecule has 9 heteroatoms. The topological polar surface area (TPSA) is 85.1 Å². The fraction of sp³-hybridized carbons (Fsp3) is 0.0625. The molecule has 25 heavy (non-hydrogen) atoms. The number of rotatable bonds is 4. The van der Waals surface area contributed by atoms with Crippen molar-refractivity contribution in [2.24, 2.45) is 0 Å². The number of aromatic nitrogens is 2. The third-order valence-electron chi connectivity index (χ3n) is 3.42. The molecule has 1 aromatic heterocycles. The molecule has 4 N–H and O–H groups in total. The number of nitrogens with one attached hydrogen (secondary N) is 2. The van der Waals surface area contributed by atoms with Gasteiger partial charge < -0.3 is 15.8 Å². The number of H-pyrrole nitrogens is 1. The second-order valence-corrected chi connectivity index (χ2v) is 6.40. The molecule has 0 radical (unpaired) electrons. The van der Waals surface area contributed by atoms with Crippen LogP contribution in [0.3, 0.4) is 0 Å². The molecule has 3 rings (SSSR count). The van der Waals surface area contributed by atoms with Crippen molar-refractivity contribution in [3.05, 3.63) is 61.8 Å². The third kappa shape index (κ3) is 3.56. The van der Waals surface area contributed by atoms with E-state index in [0.717, 1.165) is 0 Å². The maximum absolute atomic E-state index is 12.3. The monoisotopic (exact) mass is 398 g/mol. The molecule has 0 atom stereocenters. The van der Waals surface area contributed by atoms with Gasteiger partial charge in [0.05, 0.1) is 22.8 Å². The lowest BCUT2D eigenvalue weighted by Gasteiger charge is -2.11. The summed E-state index contributed by atoms with van der Waals surface area (Å²) in [6.45, 7) is 0. The summed E-state index contributed by atoms with van der Waals surface area (Å²) < 4.78 is 6.50. The number of hydrogen-bond acceptors (Lipinski definition) is 4. The van der Waals surface area contributed by atoms with Crippen LogP contribution in [0, 0.1) is 0 Å². The average Bonchev–Trinajstić information content (AvgIpc) is 2.87. The van der Waals surface area contributed by atoms with Gasteiger partial charge in [0.2, 0.25) is 0 Å². The molecule has 0 saturated heterocycles. The Hall–Kier alpha value is -2.28. The Kier molecular flexibility index (Phi) is 4.85. The number of aromatic amines is 1. The van der Waals surface area contributed by atoms with Crippen molar-refractivity contribution in [1.82, 2.24) is 9.78 Å². The van der Waals surface area contributed by atoms with Gasteiger partial charge in [-0.2, -0.15) is 0 Å². The zero-order valence-electron chi connectivity index (χ0n) is 12.9. The molecule has 130 valence electrons. The molecule has 0 spiro atoms. The first-order valence-electron chi connectivity index (χ1n) is 7.06. The van der Waals surface area contributed by atoms with Gasteiger partial charge in [-0.15, -0.1) is 0 Å². The molecule has 0 aliphatic rings. The van der Waals surface area contributed by atoms with Crippen molar-refractivity contribution in [1.29, 1.82) is 0 Å². The summed E-state index contributed by atoms with van der Waals surface area (Å²) in [7, 11) is 1.54. The lowest BCUT2D eigenvalue weighted by molar-refractivity contribution is 0.417. The molecule has 6 nitrogen and oxygen atoms in total. The Morgan fingerprint density at radius 2 is 1.80 bits per heavy atom. The van der Waals surface area contributed by atoms with Gasteiger partial charge in [0.1, 0.15) is 17.3 Å². The zero-order valence-corrected chi connectivity index (χ0v) is 15.2. The van der Waals surface area contributed by atoms with Crippen LogP contribution in [0.2, 0.25) is 15.1 Å². The number of ether oxygens (including phenoxy) is 1. The van der Waals surface area contributed by atoms with Crippen LogP contribution in [0.4, 0.5) is 17.2 Å². The second kappa shape index (κ2) is 6.92. The van der Waals surface area contributed by atoms with Gasteiger partial charge in [-0.05, 0) is 30.3 Å². The van der Waals surface area contributed by atoms with E-state index in [1.165, 1.54) is 30.0 Å². The molecule has 0 unspecified atom stereocenters. The van der Waals surface area contributed by atoms with Gasteiger partial charge in [-0.1, -0.05) is 34.8 Å². The molecular weight excluding hydrogens is 387 g/mol. The van der Waals surface area contributed by atoms with Crippen LogP contribution < -0.4 is 21.3 Å². The van der Waals surface area contributed by atoms with Gasteiger partial charge in [0.25, 0.3) is 5.56 Å². The van der Waals surface area contributed by atoms with Crippen LogP contribution >= 0.6 is 34.8 Å². The average molecular weight is 400 g/mol. The van der Waals surface area contributed by atoms with Crippen LogP contribution in [0.25, 0.3) is 5.69 Å². The normalized spacial score (nSPS) is 10.7. The predicted molar refractivity (Wildman–Crippen MR) is 102 cm³/mol. The molecule has 0 aliphatic carbocycles. The Morgan fingerprint density at radius 1 is 1.12 bits per heavy atom. The molecule has 1 heterocycles. The van der Waals surface area contributed by atoms with Crippen molar-refractivity contribution in [3.63, 3.8) is 0 Å². The Labute approximate surface area is 158 Å². The second-order valence-electron chi connectivity index (χ2n) is 5.15. The summed E-state index contributed by atoms with van der Waals surface area (Å²) in [5.41, 5.74) is 6.91. The molecular formula is C16H13Cl3N4O2. The maximum atomic E-state index is 12.3. The zero-order chi connectivity index (χ0) is 18.1. The van der Waals surface area contributed by atoms with Crippen LogP contribution in [0.15, 0.2) is 41.2 Å². The first-order chi connectivity index (χ1) is 11.9. The largest absolute Gasteiger partial charge is 0.495 e. The van der Waals surface area contributed by atoms with Crippen molar-refractivity contribution in [2.75, 3.05) is 18.2 Å². The molecule has 0 amide bonds. The summed E-state index contributed by atoms with van der Waals surface area (Å²) in [5.74, 6) is 0.987. The molecule has 0 saturated carbocycles. The minimum Gasteiger partial charge on any atom is -0.495 e. The number of nitrogen functional groups attached to an aromatic ring is 1. The standard InChI is InChI=1S/C16H13Cl3N4O2/c1-25-13-3-2-9(20)6-12(13)21-14-7-15(24)23(22-14)16-10(18)4-8(17)5-11(16)19/h2-7,21-22H,20H2,1H3. The first kappa shape index (κ1) is 17.5. The SMILES string of the molecule is COc1ccc(N)cc1Nc1cc(=O)n(-c2c(Cl)cc(Cl)cc2Cl)[nH]1. The molecule has 2 aromatic carbocycles. The Bertz CT molecular complexity index is 974. The number of nitrogens with zero attached hydrogens (tertiary/aromatic N) is 1. The Balaban J connectivity index is 2.03. The molecule has 0 bridgehead atoms. The van der Waals surface area contributed by atoms with Crippen LogP contribution in [-0.4, -0.2) is 16.9 Å². The Morgan fingerprint density at radius 3 is 2.44 bits per heavy atom. The quantitative estimate of drug-likeness (QED) is 0.565. The highest BCUT2D eigenvalue weighted by molar-refractivity contribution is 6.40. The van der Waals surface area contributed by atoms with E-state index in [4.69, 9.17) is 45.3 Å². The van der Waals surface area contributed by atoms with Gasteiger partial charge in [-0.25, -0.2) is 4.68 Å². The fourth-order valence-electron chi connectivity index (χ4n) is 2.34. The van der Waals surface area contributed by atoms with Gasteiger partial charge >= 0.3 is 0 Å². The van der Waals surface area contributed by atoms with E-state index >= 15 is 0 Å². The minimum absolute atomic E-state index is 0.245. The van der Waals surface area contributed by atoms with E-state index in [0.29, 0.717) is 33.7 Å². The number of nitrogens with two attached hydrogens (primary N) is 1. The number of methoxy groups -OCH3 is 1. The van der Waals surface area contributed by atoms with Crippen molar-refractivity contribution >= 4 is 52.0 Å². The number of anilines is 3. The summed E-state index contributed by atoms with van der Waals surface area (Å²) in [4.78, 5) is 12.3. The summed E-state index contributed by atoms with van der Waals surface area (Å²) >= 11 is 18.3. The van der Waals surface area contributed by atoms with Crippen LogP contribution in [0.5, 0.6) is 5.75 Å². The van der Waals surface area contributed by atoms with Crippen molar-refractivity contribution < 1.29 is 4.74 Å². The highest BCUT2D eigenvalue weighted by atomic mass is 35.5. The van der Waals surface area contributed by atoms with Crippen molar-refractivity contribution in [2.45, 2.75) is 0 Å². The number of halogens is 3. The summed E-state index contributed by atoms with van der Waals surface area (Å²) in [5, 5.41) is 6.82. The first-order valence-corrected chi connectivity index (χ1v) is 8.20. The van der Waals surface area contributed by atoms with E-state index < -0.39 is 0 Å². The molecule has 0 aliphatic heterocycles. The smallest absolute Gasteiger partial charge is 0.273 e.